The highest BCUT2D eigenvalue weighted by Crippen LogP contribution is 2.09. The summed E-state index contributed by atoms with van der Waals surface area (Å²) in [7, 11) is 0. The van der Waals surface area contributed by atoms with Crippen LogP contribution in [-0.4, -0.2) is 134 Å². The van der Waals surface area contributed by atoms with Crippen LogP contribution in [-0.2, 0) is 90.5 Å². The summed E-state index contributed by atoms with van der Waals surface area (Å²) >= 11 is 0. The molecule has 0 aliphatic carbocycles. The summed E-state index contributed by atoms with van der Waals surface area (Å²) in [6, 6.07) is 0. The van der Waals surface area contributed by atoms with Crippen LogP contribution in [0.1, 0.15) is 62.3 Å². The first kappa shape index (κ1) is 45.2. The topological polar surface area (TPSA) is 266 Å². The first-order chi connectivity index (χ1) is 23.2. The van der Waals surface area contributed by atoms with Gasteiger partial charge < -0.3 is 52.5 Å². The van der Waals surface area contributed by atoms with Crippen molar-refractivity contribution in [2.45, 2.75) is 111 Å². The minimum absolute atomic E-state index is 0.0186. The van der Waals surface area contributed by atoms with Crippen molar-refractivity contribution in [2.24, 2.45) is 0 Å². The number of esters is 9. The maximum absolute atomic E-state index is 12.4. The van der Waals surface area contributed by atoms with E-state index in [0.29, 0.717) is 0 Å². The fraction of sp³-hybridized carbons (Fsp3) is 0.700. The van der Waals surface area contributed by atoms with Gasteiger partial charge in [0.1, 0.15) is 19.3 Å². The third-order valence-corrected chi connectivity index (χ3v) is 5.72. The zero-order valence-electron chi connectivity index (χ0n) is 29.2. The molecule has 0 amide bonds. The van der Waals surface area contributed by atoms with Gasteiger partial charge in [-0.25, -0.2) is 38.4 Å². The number of hydrogen-bond acceptors (Lipinski definition) is 20. The molecular formula is C30H44O20. The van der Waals surface area contributed by atoms with E-state index in [1.54, 1.807) is 0 Å². The molecular weight excluding hydrogens is 680 g/mol. The molecule has 0 aliphatic rings. The molecule has 0 heterocycles. The number of ether oxygens (including phenoxy) is 10. The lowest BCUT2D eigenvalue weighted by atomic mass is 10.3. The highest BCUT2D eigenvalue weighted by atomic mass is 16.7. The zero-order valence-corrected chi connectivity index (χ0v) is 29.2. The van der Waals surface area contributed by atoms with Crippen LogP contribution >= 0.6 is 0 Å². The molecule has 284 valence electrons. The second-order valence-electron chi connectivity index (χ2n) is 10.3. The second kappa shape index (κ2) is 22.7. The predicted molar refractivity (Wildman–Crippen MR) is 159 cm³/mol. The van der Waals surface area contributed by atoms with Crippen molar-refractivity contribution in [1.29, 1.82) is 0 Å². The van der Waals surface area contributed by atoms with Gasteiger partial charge in [0.05, 0.1) is 13.2 Å². The first-order valence-corrected chi connectivity index (χ1v) is 15.2. The molecule has 8 atom stereocenters. The number of carbonyl (C=O) groups excluding carboxylic acids is 9. The molecule has 0 aliphatic heterocycles. The SMILES string of the molecule is CC(=O)OCCOCCOC(=O)C(C)OC(=O)C(C)OC(=O)C(C)OC(=O)C(C)OC(=O)C(C)OC(=O)C(C)OC(=O)C(C)OC(=O)C(C)O. The van der Waals surface area contributed by atoms with Gasteiger partial charge in [0.2, 0.25) is 0 Å². The number of aliphatic hydroxyl groups excluding tert-OH is 1. The number of carbonyl (C=O) groups is 9. The Bertz CT molecular complexity index is 1210. The summed E-state index contributed by atoms with van der Waals surface area (Å²) in [5, 5.41) is 9.14. The van der Waals surface area contributed by atoms with Gasteiger partial charge in [-0.2, -0.15) is 0 Å². The number of rotatable bonds is 21. The molecule has 0 saturated heterocycles. The quantitative estimate of drug-likeness (QED) is 0.0846. The summed E-state index contributed by atoms with van der Waals surface area (Å²) in [5.41, 5.74) is 0. The number of aliphatic hydroxyl groups is 1. The Morgan fingerprint density at radius 2 is 0.620 bits per heavy atom. The Morgan fingerprint density at radius 3 is 0.880 bits per heavy atom. The molecule has 0 aromatic heterocycles. The van der Waals surface area contributed by atoms with E-state index in [-0.39, 0.29) is 26.4 Å². The van der Waals surface area contributed by atoms with Gasteiger partial charge in [0, 0.05) is 6.92 Å². The lowest BCUT2D eigenvalue weighted by Crippen LogP contribution is -2.39. The average Bonchev–Trinajstić information content (AvgIpc) is 3.03. The minimum atomic E-state index is -1.62. The maximum Gasteiger partial charge on any atom is 0.347 e. The first-order valence-electron chi connectivity index (χ1n) is 15.2. The van der Waals surface area contributed by atoms with E-state index in [2.05, 4.69) is 9.47 Å². The Morgan fingerprint density at radius 1 is 0.380 bits per heavy atom. The lowest BCUT2D eigenvalue weighted by molar-refractivity contribution is -0.189. The molecule has 1 N–H and O–H groups in total. The third-order valence-electron chi connectivity index (χ3n) is 5.72. The molecule has 0 radical (unpaired) electrons. The largest absolute Gasteiger partial charge is 0.463 e. The molecule has 0 fully saturated rings. The van der Waals surface area contributed by atoms with Crippen LogP contribution in [0, 0.1) is 0 Å². The fourth-order valence-corrected chi connectivity index (χ4v) is 2.89. The molecule has 8 unspecified atom stereocenters. The van der Waals surface area contributed by atoms with Crippen LogP contribution in [0.3, 0.4) is 0 Å². The Balaban J connectivity index is 4.66. The minimum Gasteiger partial charge on any atom is -0.463 e. The van der Waals surface area contributed by atoms with Gasteiger partial charge in [0.15, 0.2) is 42.7 Å². The van der Waals surface area contributed by atoms with Gasteiger partial charge >= 0.3 is 53.7 Å². The summed E-state index contributed by atoms with van der Waals surface area (Å²) in [6.45, 7) is 10.1. The van der Waals surface area contributed by atoms with Crippen LogP contribution in [0.4, 0.5) is 0 Å². The Kier molecular flexibility index (Phi) is 20.5. The summed E-state index contributed by atoms with van der Waals surface area (Å²) in [5.74, 6) is -9.57. The highest BCUT2D eigenvalue weighted by molar-refractivity contribution is 5.87. The molecule has 0 spiro atoms. The monoisotopic (exact) mass is 724 g/mol. The number of hydrogen-bond donors (Lipinski definition) is 1. The van der Waals surface area contributed by atoms with Crippen molar-refractivity contribution in [3.05, 3.63) is 0 Å². The Labute approximate surface area is 287 Å². The molecule has 0 bridgehead atoms. The van der Waals surface area contributed by atoms with Gasteiger partial charge in [0.25, 0.3) is 0 Å². The van der Waals surface area contributed by atoms with E-state index in [1.165, 1.54) is 13.8 Å². The van der Waals surface area contributed by atoms with Crippen LogP contribution in [0.2, 0.25) is 0 Å². The van der Waals surface area contributed by atoms with Crippen LogP contribution in [0.25, 0.3) is 0 Å². The average molecular weight is 725 g/mol. The summed E-state index contributed by atoms with van der Waals surface area (Å²) < 4.78 is 48.6. The smallest absolute Gasteiger partial charge is 0.347 e. The van der Waals surface area contributed by atoms with E-state index in [1.807, 2.05) is 0 Å². The van der Waals surface area contributed by atoms with Crippen LogP contribution < -0.4 is 0 Å². The summed E-state index contributed by atoms with van der Waals surface area (Å²) in [6.07, 6.45) is -12.3. The van der Waals surface area contributed by atoms with Gasteiger partial charge in [-0.1, -0.05) is 0 Å². The van der Waals surface area contributed by atoms with Crippen LogP contribution in [0.15, 0.2) is 0 Å². The molecule has 20 nitrogen and oxygen atoms in total. The summed E-state index contributed by atoms with van der Waals surface area (Å²) in [4.78, 5) is 108. The standard InChI is InChI=1S/C30H44O20/c1-14(31)23(33)44-16(3)25(35)46-18(5)27(37)48-20(7)29(39)50-21(8)30(40)49-19(6)28(38)47-17(4)26(36)45-15(2)24(34)43-13-11-41-10-12-42-22(9)32/h14-21,31H,10-13H2,1-9H3. The van der Waals surface area contributed by atoms with E-state index < -0.39 is 103 Å². The normalized spacial score (nSPS) is 15.5. The van der Waals surface area contributed by atoms with E-state index >= 15 is 0 Å². The van der Waals surface area contributed by atoms with Crippen molar-refractivity contribution in [3.8, 4) is 0 Å². The second-order valence-corrected chi connectivity index (χ2v) is 10.3. The van der Waals surface area contributed by atoms with Crippen LogP contribution in [0.5, 0.6) is 0 Å². The maximum atomic E-state index is 12.4. The van der Waals surface area contributed by atoms with Gasteiger partial charge in [-0.05, 0) is 55.4 Å². The van der Waals surface area contributed by atoms with Gasteiger partial charge in [-0.3, -0.25) is 4.79 Å². The van der Waals surface area contributed by atoms with E-state index in [9.17, 15) is 43.2 Å². The highest BCUT2D eigenvalue weighted by Gasteiger charge is 2.33. The molecule has 20 heteroatoms. The molecule has 50 heavy (non-hydrogen) atoms. The fourth-order valence-electron chi connectivity index (χ4n) is 2.89. The molecule has 0 rings (SSSR count). The predicted octanol–water partition coefficient (Wildman–Crippen LogP) is -0.988. The third kappa shape index (κ3) is 18.1. The van der Waals surface area contributed by atoms with E-state index in [4.69, 9.17) is 43.0 Å². The van der Waals surface area contributed by atoms with Crippen molar-refractivity contribution in [3.63, 3.8) is 0 Å². The van der Waals surface area contributed by atoms with E-state index in [0.717, 1.165) is 48.5 Å². The van der Waals surface area contributed by atoms with Crippen molar-refractivity contribution in [2.75, 3.05) is 26.4 Å². The zero-order chi connectivity index (χ0) is 38.7. The van der Waals surface area contributed by atoms with Gasteiger partial charge in [-0.15, -0.1) is 0 Å². The molecule has 0 saturated carbocycles. The Hall–Kier alpha value is -4.85. The molecule has 0 aromatic carbocycles. The lowest BCUT2D eigenvalue weighted by Gasteiger charge is -2.21. The van der Waals surface area contributed by atoms with Crippen molar-refractivity contribution < 1.29 is 95.6 Å². The van der Waals surface area contributed by atoms with Crippen molar-refractivity contribution >= 4 is 53.7 Å². The van der Waals surface area contributed by atoms with Crippen molar-refractivity contribution in [1.82, 2.24) is 0 Å². The molecule has 0 aromatic rings.